The van der Waals surface area contributed by atoms with Gasteiger partial charge in [0.25, 0.3) is 0 Å². The number of carbonyl (C=O) groups excluding carboxylic acids is 2. The van der Waals surface area contributed by atoms with Crippen LogP contribution in [0.3, 0.4) is 0 Å². The molecular formula is C22H32N2O3. The zero-order valence-electron chi connectivity index (χ0n) is 16.7. The summed E-state index contributed by atoms with van der Waals surface area (Å²) in [6.45, 7) is 7.64. The normalized spacial score (nSPS) is 19.6. The summed E-state index contributed by atoms with van der Waals surface area (Å²) in [4.78, 5) is 28.5. The molecule has 2 fully saturated rings. The molecular weight excluding hydrogens is 340 g/mol. The highest BCUT2D eigenvalue weighted by Crippen LogP contribution is 2.40. The maximum atomic E-state index is 12.4. The molecule has 5 heteroatoms. The highest BCUT2D eigenvalue weighted by Gasteiger charge is 2.41. The minimum atomic E-state index is -0.189. The summed E-state index contributed by atoms with van der Waals surface area (Å²) in [6.07, 6.45) is 4.20. The Kier molecular flexibility index (Phi) is 6.40. The van der Waals surface area contributed by atoms with Crippen LogP contribution in [-0.2, 0) is 16.0 Å². The SMILES string of the molecule is CC(C)COC(=O)N1CCC2(CCC(=O)N(CCc3ccccc3)C2)CC1. The van der Waals surface area contributed by atoms with Gasteiger partial charge in [-0.3, -0.25) is 4.79 Å². The monoisotopic (exact) mass is 372 g/mol. The number of likely N-dealkylation sites (tertiary alicyclic amines) is 2. The predicted molar refractivity (Wildman–Crippen MR) is 105 cm³/mol. The first-order chi connectivity index (χ1) is 13.0. The average molecular weight is 373 g/mol. The van der Waals surface area contributed by atoms with Crippen molar-refractivity contribution in [1.29, 1.82) is 0 Å². The lowest BCUT2D eigenvalue weighted by Crippen LogP contribution is -2.52. The van der Waals surface area contributed by atoms with E-state index < -0.39 is 0 Å². The molecule has 0 radical (unpaired) electrons. The number of rotatable bonds is 5. The van der Waals surface area contributed by atoms with E-state index in [0.717, 1.165) is 51.9 Å². The van der Waals surface area contributed by atoms with Gasteiger partial charge < -0.3 is 14.5 Å². The van der Waals surface area contributed by atoms with Gasteiger partial charge in [-0.1, -0.05) is 44.2 Å². The molecule has 5 nitrogen and oxygen atoms in total. The van der Waals surface area contributed by atoms with Crippen molar-refractivity contribution in [3.8, 4) is 0 Å². The van der Waals surface area contributed by atoms with Crippen LogP contribution in [0.2, 0.25) is 0 Å². The van der Waals surface area contributed by atoms with Crippen LogP contribution < -0.4 is 0 Å². The fraction of sp³-hybridized carbons (Fsp3) is 0.636. The molecule has 0 aromatic heterocycles. The lowest BCUT2D eigenvalue weighted by molar-refractivity contribution is -0.139. The minimum Gasteiger partial charge on any atom is -0.449 e. The number of nitrogens with zero attached hydrogens (tertiary/aromatic N) is 2. The molecule has 0 bridgehead atoms. The van der Waals surface area contributed by atoms with Crippen LogP contribution in [0.15, 0.2) is 30.3 Å². The number of hydrogen-bond donors (Lipinski definition) is 0. The summed E-state index contributed by atoms with van der Waals surface area (Å²) >= 11 is 0. The number of ether oxygens (including phenoxy) is 1. The molecule has 27 heavy (non-hydrogen) atoms. The Balaban J connectivity index is 1.51. The fourth-order valence-electron chi connectivity index (χ4n) is 4.12. The maximum absolute atomic E-state index is 12.4. The zero-order chi connectivity index (χ0) is 19.3. The highest BCUT2D eigenvalue weighted by atomic mass is 16.6. The Bertz CT molecular complexity index is 636. The van der Waals surface area contributed by atoms with Gasteiger partial charge in [-0.2, -0.15) is 0 Å². The van der Waals surface area contributed by atoms with Gasteiger partial charge in [-0.25, -0.2) is 4.79 Å². The van der Waals surface area contributed by atoms with Crippen molar-refractivity contribution in [3.63, 3.8) is 0 Å². The molecule has 3 rings (SSSR count). The lowest BCUT2D eigenvalue weighted by atomic mass is 9.72. The van der Waals surface area contributed by atoms with Crippen molar-refractivity contribution in [1.82, 2.24) is 9.80 Å². The standard InChI is InChI=1S/C22H32N2O3/c1-18(2)16-27-21(26)23-14-11-22(12-15-23)10-8-20(25)24(17-22)13-9-19-6-4-3-5-7-19/h3-7,18H,8-17H2,1-2H3. The van der Waals surface area contributed by atoms with Crippen molar-refractivity contribution in [2.24, 2.45) is 11.3 Å². The van der Waals surface area contributed by atoms with Gasteiger partial charge in [0.1, 0.15) is 0 Å². The fourth-order valence-corrected chi connectivity index (χ4v) is 4.12. The quantitative estimate of drug-likeness (QED) is 0.791. The van der Waals surface area contributed by atoms with E-state index in [1.807, 2.05) is 41.8 Å². The molecule has 2 heterocycles. The third kappa shape index (κ3) is 5.24. The van der Waals surface area contributed by atoms with Crippen LogP contribution in [-0.4, -0.2) is 54.6 Å². The van der Waals surface area contributed by atoms with Crippen LogP contribution in [0.4, 0.5) is 4.79 Å². The first kappa shape index (κ1) is 19.7. The van der Waals surface area contributed by atoms with Crippen LogP contribution in [0.5, 0.6) is 0 Å². The van der Waals surface area contributed by atoms with E-state index >= 15 is 0 Å². The van der Waals surface area contributed by atoms with E-state index in [0.29, 0.717) is 18.9 Å². The van der Waals surface area contributed by atoms with Gasteiger partial charge in [0.15, 0.2) is 0 Å². The molecule has 0 N–H and O–H groups in total. The first-order valence-corrected chi connectivity index (χ1v) is 10.2. The maximum Gasteiger partial charge on any atom is 0.409 e. The summed E-state index contributed by atoms with van der Waals surface area (Å²) in [5, 5.41) is 0. The second-order valence-corrected chi connectivity index (χ2v) is 8.51. The Hall–Kier alpha value is -2.04. The molecule has 2 aliphatic rings. The van der Waals surface area contributed by atoms with E-state index in [1.54, 1.807) is 0 Å². The Labute approximate surface area is 162 Å². The summed E-state index contributed by atoms with van der Waals surface area (Å²) < 4.78 is 5.37. The van der Waals surface area contributed by atoms with Crippen molar-refractivity contribution < 1.29 is 14.3 Å². The molecule has 2 saturated heterocycles. The van der Waals surface area contributed by atoms with Crippen LogP contribution in [0.1, 0.15) is 45.1 Å². The largest absolute Gasteiger partial charge is 0.449 e. The van der Waals surface area contributed by atoms with Crippen molar-refractivity contribution >= 4 is 12.0 Å². The van der Waals surface area contributed by atoms with Gasteiger partial charge in [-0.15, -0.1) is 0 Å². The van der Waals surface area contributed by atoms with Crippen LogP contribution in [0, 0.1) is 11.3 Å². The molecule has 0 aliphatic carbocycles. The molecule has 2 amide bonds. The van der Waals surface area contributed by atoms with Gasteiger partial charge in [0.2, 0.25) is 5.91 Å². The van der Waals surface area contributed by atoms with Gasteiger partial charge >= 0.3 is 6.09 Å². The van der Waals surface area contributed by atoms with Crippen molar-refractivity contribution in [2.75, 3.05) is 32.8 Å². The molecule has 0 saturated carbocycles. The van der Waals surface area contributed by atoms with E-state index in [1.165, 1.54) is 5.56 Å². The number of piperidine rings is 2. The Morgan fingerprint density at radius 1 is 1.15 bits per heavy atom. The van der Waals surface area contributed by atoms with E-state index in [9.17, 15) is 9.59 Å². The predicted octanol–water partition coefficient (Wildman–Crippen LogP) is 3.73. The summed E-state index contributed by atoms with van der Waals surface area (Å²) in [5.41, 5.74) is 1.44. The molecule has 0 unspecified atom stereocenters. The number of hydrogen-bond acceptors (Lipinski definition) is 3. The second kappa shape index (κ2) is 8.77. The van der Waals surface area contributed by atoms with Gasteiger partial charge in [-0.05, 0) is 42.6 Å². The van der Waals surface area contributed by atoms with E-state index in [4.69, 9.17) is 4.74 Å². The highest BCUT2D eigenvalue weighted by molar-refractivity contribution is 5.77. The molecule has 148 valence electrons. The number of amides is 2. The van der Waals surface area contributed by atoms with Crippen molar-refractivity contribution in [2.45, 2.75) is 46.0 Å². The van der Waals surface area contributed by atoms with Gasteiger partial charge in [0.05, 0.1) is 6.61 Å². The van der Waals surface area contributed by atoms with Gasteiger partial charge in [0, 0.05) is 32.6 Å². The second-order valence-electron chi connectivity index (χ2n) is 8.51. The Morgan fingerprint density at radius 2 is 1.85 bits per heavy atom. The average Bonchev–Trinajstić information content (AvgIpc) is 2.68. The topological polar surface area (TPSA) is 49.9 Å². The van der Waals surface area contributed by atoms with E-state index in [-0.39, 0.29) is 17.4 Å². The molecule has 0 atom stereocenters. The number of carbonyl (C=O) groups is 2. The summed E-state index contributed by atoms with van der Waals surface area (Å²) in [6, 6.07) is 10.3. The molecule has 1 aromatic rings. The molecule has 2 aliphatic heterocycles. The minimum absolute atomic E-state index is 0.166. The Morgan fingerprint density at radius 3 is 2.52 bits per heavy atom. The summed E-state index contributed by atoms with van der Waals surface area (Å²) in [5.74, 6) is 0.628. The summed E-state index contributed by atoms with van der Waals surface area (Å²) in [7, 11) is 0. The van der Waals surface area contributed by atoms with Crippen molar-refractivity contribution in [3.05, 3.63) is 35.9 Å². The smallest absolute Gasteiger partial charge is 0.409 e. The zero-order valence-corrected chi connectivity index (χ0v) is 16.7. The van der Waals surface area contributed by atoms with Crippen LogP contribution in [0.25, 0.3) is 0 Å². The molecule has 1 spiro atoms. The van der Waals surface area contributed by atoms with Crippen LogP contribution >= 0.6 is 0 Å². The third-order valence-corrected chi connectivity index (χ3v) is 5.88. The van der Waals surface area contributed by atoms with E-state index in [2.05, 4.69) is 12.1 Å². The number of benzene rings is 1. The lowest BCUT2D eigenvalue weighted by Gasteiger charge is -2.47. The first-order valence-electron chi connectivity index (χ1n) is 10.2. The third-order valence-electron chi connectivity index (χ3n) is 5.88. The molecule has 1 aromatic carbocycles.